The molecule has 0 bridgehead atoms. The van der Waals surface area contributed by atoms with Crippen LogP contribution >= 0.6 is 11.8 Å². The Hall–Kier alpha value is -0.220. The normalized spacial score (nSPS) is 24.3. The number of hydrogen-bond acceptors (Lipinski definition) is 4. The summed E-state index contributed by atoms with van der Waals surface area (Å²) in [6.45, 7) is 0. The first-order chi connectivity index (χ1) is 6.74. The maximum Gasteiger partial charge on any atom is 0.305 e. The van der Waals surface area contributed by atoms with Crippen LogP contribution in [0.25, 0.3) is 0 Å². The zero-order chi connectivity index (χ0) is 10.4. The Kier molecular flexibility index (Phi) is 5.33. The van der Waals surface area contributed by atoms with Crippen molar-refractivity contribution in [2.75, 3.05) is 18.6 Å². The van der Waals surface area contributed by atoms with Crippen LogP contribution in [0.4, 0.5) is 0 Å². The number of carbonyl (C=O) groups excluding carboxylic acids is 1. The van der Waals surface area contributed by atoms with Gasteiger partial charge in [-0.25, -0.2) is 0 Å². The molecular weight excluding hydrogens is 198 g/mol. The fourth-order valence-electron chi connectivity index (χ4n) is 1.73. The molecule has 3 nitrogen and oxygen atoms in total. The van der Waals surface area contributed by atoms with E-state index in [4.69, 9.17) is 5.73 Å². The van der Waals surface area contributed by atoms with Gasteiger partial charge in [0.1, 0.15) is 0 Å². The Labute approximate surface area is 89.8 Å². The number of thioether (sulfide) groups is 1. The van der Waals surface area contributed by atoms with Gasteiger partial charge in [0, 0.05) is 12.5 Å². The van der Waals surface area contributed by atoms with E-state index in [9.17, 15) is 4.79 Å². The third-order valence-corrected chi connectivity index (χ3v) is 3.95. The van der Waals surface area contributed by atoms with Crippen molar-refractivity contribution in [3.05, 3.63) is 0 Å². The molecule has 0 aromatic rings. The maximum absolute atomic E-state index is 10.9. The van der Waals surface area contributed by atoms with E-state index in [1.807, 2.05) is 11.8 Å². The molecule has 82 valence electrons. The molecule has 0 saturated carbocycles. The fourth-order valence-corrected chi connectivity index (χ4v) is 2.98. The quantitative estimate of drug-likeness (QED) is 0.723. The average Bonchev–Trinajstić information content (AvgIpc) is 2.26. The first-order valence-electron chi connectivity index (χ1n) is 5.14. The van der Waals surface area contributed by atoms with E-state index in [0.29, 0.717) is 12.3 Å². The van der Waals surface area contributed by atoms with Gasteiger partial charge in [0.2, 0.25) is 0 Å². The van der Waals surface area contributed by atoms with Gasteiger partial charge in [-0.15, -0.1) is 0 Å². The first-order valence-corrected chi connectivity index (χ1v) is 6.29. The molecule has 1 rings (SSSR count). The minimum Gasteiger partial charge on any atom is -0.469 e. The number of methoxy groups -OCH3 is 1. The molecule has 0 spiro atoms. The largest absolute Gasteiger partial charge is 0.469 e. The standard InChI is InChI=1S/C10H19NO2S/c1-13-10(12)5-4-9(11)8-3-2-6-14-7-8/h8-9H,2-7,11H2,1H3. The van der Waals surface area contributed by atoms with Gasteiger partial charge < -0.3 is 10.5 Å². The lowest BCUT2D eigenvalue weighted by atomic mass is 9.93. The van der Waals surface area contributed by atoms with Crippen LogP contribution in [0.1, 0.15) is 25.7 Å². The van der Waals surface area contributed by atoms with E-state index >= 15 is 0 Å². The molecule has 2 N–H and O–H groups in total. The number of rotatable bonds is 4. The van der Waals surface area contributed by atoms with Crippen molar-refractivity contribution in [3.8, 4) is 0 Å². The van der Waals surface area contributed by atoms with Gasteiger partial charge in [-0.2, -0.15) is 11.8 Å². The third-order valence-electron chi connectivity index (χ3n) is 2.71. The van der Waals surface area contributed by atoms with Crippen molar-refractivity contribution in [2.45, 2.75) is 31.7 Å². The van der Waals surface area contributed by atoms with Crippen molar-refractivity contribution in [1.29, 1.82) is 0 Å². The van der Waals surface area contributed by atoms with Crippen molar-refractivity contribution in [1.82, 2.24) is 0 Å². The number of esters is 1. The molecule has 1 fully saturated rings. The summed E-state index contributed by atoms with van der Waals surface area (Å²) >= 11 is 1.98. The third kappa shape index (κ3) is 3.88. The topological polar surface area (TPSA) is 52.3 Å². The Morgan fingerprint density at radius 2 is 2.50 bits per heavy atom. The van der Waals surface area contributed by atoms with Crippen LogP contribution in [0, 0.1) is 5.92 Å². The molecule has 0 amide bonds. The minimum absolute atomic E-state index is 0.149. The van der Waals surface area contributed by atoms with E-state index in [0.717, 1.165) is 12.2 Å². The Bertz CT molecular complexity index is 181. The molecule has 0 aliphatic carbocycles. The molecular formula is C10H19NO2S. The zero-order valence-corrected chi connectivity index (χ0v) is 9.52. The Morgan fingerprint density at radius 1 is 1.71 bits per heavy atom. The summed E-state index contributed by atoms with van der Waals surface area (Å²) in [5, 5.41) is 0. The van der Waals surface area contributed by atoms with E-state index in [-0.39, 0.29) is 12.0 Å². The lowest BCUT2D eigenvalue weighted by Gasteiger charge is -2.26. The molecule has 4 heteroatoms. The summed E-state index contributed by atoms with van der Waals surface area (Å²) in [6.07, 6.45) is 3.70. The summed E-state index contributed by atoms with van der Waals surface area (Å²) < 4.78 is 4.59. The summed E-state index contributed by atoms with van der Waals surface area (Å²) in [7, 11) is 1.42. The smallest absolute Gasteiger partial charge is 0.305 e. The highest BCUT2D eigenvalue weighted by molar-refractivity contribution is 7.99. The first kappa shape index (κ1) is 11.9. The SMILES string of the molecule is COC(=O)CCC(N)C1CCCSC1. The lowest BCUT2D eigenvalue weighted by molar-refractivity contribution is -0.140. The van der Waals surface area contributed by atoms with Gasteiger partial charge in [0.05, 0.1) is 7.11 Å². The number of hydrogen-bond donors (Lipinski definition) is 1. The maximum atomic E-state index is 10.9. The highest BCUT2D eigenvalue weighted by Gasteiger charge is 2.21. The molecule has 1 saturated heterocycles. The van der Waals surface area contributed by atoms with Crippen LogP contribution < -0.4 is 5.73 Å². The highest BCUT2D eigenvalue weighted by atomic mass is 32.2. The summed E-state index contributed by atoms with van der Waals surface area (Å²) in [5.41, 5.74) is 6.03. The number of carbonyl (C=O) groups is 1. The van der Waals surface area contributed by atoms with Crippen molar-refractivity contribution < 1.29 is 9.53 Å². The fraction of sp³-hybridized carbons (Fsp3) is 0.900. The van der Waals surface area contributed by atoms with Gasteiger partial charge in [-0.1, -0.05) is 0 Å². The number of nitrogens with two attached hydrogens (primary N) is 1. The Morgan fingerprint density at radius 3 is 3.07 bits per heavy atom. The summed E-state index contributed by atoms with van der Waals surface area (Å²) in [5.74, 6) is 2.87. The van der Waals surface area contributed by atoms with Gasteiger partial charge in [-0.05, 0) is 36.7 Å². The van der Waals surface area contributed by atoms with Gasteiger partial charge in [0.25, 0.3) is 0 Å². The summed E-state index contributed by atoms with van der Waals surface area (Å²) in [6, 6.07) is 0.168. The van der Waals surface area contributed by atoms with Crippen LogP contribution in [-0.2, 0) is 9.53 Å². The molecule has 1 aliphatic heterocycles. The van der Waals surface area contributed by atoms with Crippen molar-refractivity contribution >= 4 is 17.7 Å². The zero-order valence-electron chi connectivity index (χ0n) is 8.70. The molecule has 14 heavy (non-hydrogen) atoms. The van der Waals surface area contributed by atoms with Gasteiger partial charge in [0.15, 0.2) is 0 Å². The molecule has 1 heterocycles. The van der Waals surface area contributed by atoms with E-state index < -0.39 is 0 Å². The molecule has 0 radical (unpaired) electrons. The van der Waals surface area contributed by atoms with Crippen LogP contribution in [-0.4, -0.2) is 30.6 Å². The van der Waals surface area contributed by atoms with Crippen LogP contribution in [0.2, 0.25) is 0 Å². The van der Waals surface area contributed by atoms with Crippen LogP contribution in [0.15, 0.2) is 0 Å². The second-order valence-electron chi connectivity index (χ2n) is 3.76. The van der Waals surface area contributed by atoms with E-state index in [2.05, 4.69) is 4.74 Å². The van der Waals surface area contributed by atoms with Gasteiger partial charge >= 0.3 is 5.97 Å². The second kappa shape index (κ2) is 6.30. The predicted octanol–water partition coefficient (Wildman–Crippen LogP) is 1.41. The van der Waals surface area contributed by atoms with E-state index in [1.54, 1.807) is 0 Å². The average molecular weight is 217 g/mol. The lowest BCUT2D eigenvalue weighted by Crippen LogP contribution is -2.34. The van der Waals surface area contributed by atoms with Crippen LogP contribution in [0.5, 0.6) is 0 Å². The predicted molar refractivity (Wildman–Crippen MR) is 59.3 cm³/mol. The number of ether oxygens (including phenoxy) is 1. The van der Waals surface area contributed by atoms with Gasteiger partial charge in [-0.3, -0.25) is 4.79 Å². The molecule has 1 aliphatic rings. The highest BCUT2D eigenvalue weighted by Crippen LogP contribution is 2.25. The van der Waals surface area contributed by atoms with Crippen LogP contribution in [0.3, 0.4) is 0 Å². The Balaban J connectivity index is 2.19. The van der Waals surface area contributed by atoms with Crippen molar-refractivity contribution in [2.24, 2.45) is 11.7 Å². The molecule has 2 atom stereocenters. The summed E-state index contributed by atoms with van der Waals surface area (Å²) in [4.78, 5) is 10.9. The van der Waals surface area contributed by atoms with Crippen molar-refractivity contribution in [3.63, 3.8) is 0 Å². The monoisotopic (exact) mass is 217 g/mol. The minimum atomic E-state index is -0.149. The molecule has 2 unspecified atom stereocenters. The molecule has 0 aromatic heterocycles. The molecule has 0 aromatic carbocycles. The second-order valence-corrected chi connectivity index (χ2v) is 4.91. The van der Waals surface area contributed by atoms with E-state index in [1.165, 1.54) is 25.7 Å².